The van der Waals surface area contributed by atoms with Crippen LogP contribution in [-0.4, -0.2) is 35.8 Å². The smallest absolute Gasteiger partial charge is 0.227 e. The summed E-state index contributed by atoms with van der Waals surface area (Å²) in [5.74, 6) is 1.12. The molecule has 7 nitrogen and oxygen atoms in total. The van der Waals surface area contributed by atoms with E-state index in [1.54, 1.807) is 25.3 Å². The standard InChI is InChI=1S/C24H28FN3O4/c1-24(2,3)20(15-31-19-8-6-5-7-18(19)25)26-21(29)13-14-22-27-23(28-32-22)16-9-11-17(30-4)12-10-16/h5-12,20H,13-15H2,1-4H3,(H,26,29). The van der Waals surface area contributed by atoms with Crippen molar-refractivity contribution in [3.8, 4) is 22.9 Å². The number of carbonyl (C=O) groups excluding carboxylic acids is 1. The molecule has 0 aliphatic rings. The topological polar surface area (TPSA) is 86.5 Å². The minimum Gasteiger partial charge on any atom is -0.497 e. The van der Waals surface area contributed by atoms with Crippen molar-refractivity contribution in [3.63, 3.8) is 0 Å². The lowest BCUT2D eigenvalue weighted by Crippen LogP contribution is -2.47. The van der Waals surface area contributed by atoms with Crippen LogP contribution in [0.5, 0.6) is 11.5 Å². The van der Waals surface area contributed by atoms with Crippen molar-refractivity contribution < 1.29 is 23.2 Å². The van der Waals surface area contributed by atoms with Crippen LogP contribution in [0.3, 0.4) is 0 Å². The van der Waals surface area contributed by atoms with E-state index in [0.717, 1.165) is 11.3 Å². The number of para-hydroxylation sites is 1. The first-order chi connectivity index (χ1) is 15.3. The van der Waals surface area contributed by atoms with E-state index in [0.29, 0.717) is 18.1 Å². The van der Waals surface area contributed by atoms with Gasteiger partial charge in [0.15, 0.2) is 11.6 Å². The van der Waals surface area contributed by atoms with Gasteiger partial charge < -0.3 is 19.3 Å². The van der Waals surface area contributed by atoms with Crippen LogP contribution in [0.1, 0.15) is 33.1 Å². The monoisotopic (exact) mass is 441 g/mol. The van der Waals surface area contributed by atoms with E-state index >= 15 is 0 Å². The second-order valence-corrected chi connectivity index (χ2v) is 8.47. The van der Waals surface area contributed by atoms with E-state index in [4.69, 9.17) is 14.0 Å². The highest BCUT2D eigenvalue weighted by atomic mass is 19.1. The zero-order valence-corrected chi connectivity index (χ0v) is 18.7. The molecule has 32 heavy (non-hydrogen) atoms. The van der Waals surface area contributed by atoms with Crippen molar-refractivity contribution >= 4 is 5.91 Å². The number of hydrogen-bond acceptors (Lipinski definition) is 6. The Balaban J connectivity index is 1.55. The number of benzene rings is 2. The summed E-state index contributed by atoms with van der Waals surface area (Å²) in [4.78, 5) is 16.9. The van der Waals surface area contributed by atoms with Crippen LogP contribution in [-0.2, 0) is 11.2 Å². The average Bonchev–Trinajstić information content (AvgIpc) is 3.24. The Hall–Kier alpha value is -3.42. The molecule has 0 fully saturated rings. The molecule has 0 saturated heterocycles. The van der Waals surface area contributed by atoms with Gasteiger partial charge in [0.1, 0.15) is 12.4 Å². The van der Waals surface area contributed by atoms with Gasteiger partial charge in [-0.05, 0) is 41.8 Å². The third-order valence-electron chi connectivity index (χ3n) is 5.00. The molecule has 1 aromatic heterocycles. The Labute approximate surface area is 186 Å². The number of hydrogen-bond donors (Lipinski definition) is 1. The molecule has 0 aliphatic heterocycles. The quantitative estimate of drug-likeness (QED) is 0.529. The molecule has 8 heteroatoms. The summed E-state index contributed by atoms with van der Waals surface area (Å²) in [5.41, 5.74) is 0.510. The Bertz CT molecular complexity index is 1030. The lowest BCUT2D eigenvalue weighted by atomic mass is 9.87. The third-order valence-corrected chi connectivity index (χ3v) is 5.00. The molecule has 1 amide bonds. The summed E-state index contributed by atoms with van der Waals surface area (Å²) >= 11 is 0. The molecule has 0 radical (unpaired) electrons. The van der Waals surface area contributed by atoms with E-state index < -0.39 is 5.82 Å². The first kappa shape index (κ1) is 23.2. The lowest BCUT2D eigenvalue weighted by Gasteiger charge is -2.31. The van der Waals surface area contributed by atoms with Gasteiger partial charge in [-0.3, -0.25) is 4.79 Å². The fourth-order valence-corrected chi connectivity index (χ4v) is 2.94. The van der Waals surface area contributed by atoms with Crippen molar-refractivity contribution in [1.29, 1.82) is 0 Å². The molecule has 3 aromatic rings. The molecular formula is C24H28FN3O4. The molecule has 1 N–H and O–H groups in total. The summed E-state index contributed by atoms with van der Waals surface area (Å²) in [6.45, 7) is 6.11. The van der Waals surface area contributed by atoms with Crippen LogP contribution < -0.4 is 14.8 Å². The second-order valence-electron chi connectivity index (χ2n) is 8.47. The summed E-state index contributed by atoms with van der Waals surface area (Å²) in [7, 11) is 1.60. The van der Waals surface area contributed by atoms with Crippen molar-refractivity contribution in [2.24, 2.45) is 5.41 Å². The van der Waals surface area contributed by atoms with Gasteiger partial charge in [-0.15, -0.1) is 0 Å². The van der Waals surface area contributed by atoms with E-state index in [1.165, 1.54) is 6.07 Å². The van der Waals surface area contributed by atoms with Crippen molar-refractivity contribution in [3.05, 3.63) is 60.2 Å². The van der Waals surface area contributed by atoms with Gasteiger partial charge in [0.2, 0.25) is 17.6 Å². The normalized spacial score (nSPS) is 12.3. The number of aryl methyl sites for hydroxylation is 1. The van der Waals surface area contributed by atoms with Crippen molar-refractivity contribution in [2.75, 3.05) is 13.7 Å². The molecule has 1 unspecified atom stereocenters. The predicted molar refractivity (Wildman–Crippen MR) is 118 cm³/mol. The zero-order chi connectivity index (χ0) is 23.1. The minimum atomic E-state index is -0.435. The molecule has 170 valence electrons. The number of nitrogens with zero attached hydrogens (tertiary/aromatic N) is 2. The first-order valence-corrected chi connectivity index (χ1v) is 10.4. The Morgan fingerprint density at radius 1 is 1.16 bits per heavy atom. The highest BCUT2D eigenvalue weighted by Crippen LogP contribution is 2.23. The van der Waals surface area contributed by atoms with Gasteiger partial charge in [-0.1, -0.05) is 38.1 Å². The molecule has 1 heterocycles. The SMILES string of the molecule is COc1ccc(-c2noc(CCC(=O)NC(COc3ccccc3F)C(C)(C)C)n2)cc1. The van der Waals surface area contributed by atoms with Crippen LogP contribution in [0, 0.1) is 11.2 Å². The lowest BCUT2D eigenvalue weighted by molar-refractivity contribution is -0.123. The van der Waals surface area contributed by atoms with E-state index in [1.807, 2.05) is 45.0 Å². The number of aromatic nitrogens is 2. The number of halogens is 1. The summed E-state index contributed by atoms with van der Waals surface area (Å²) in [5, 5.41) is 6.96. The highest BCUT2D eigenvalue weighted by molar-refractivity contribution is 5.76. The largest absolute Gasteiger partial charge is 0.497 e. The number of carbonyl (C=O) groups is 1. The molecule has 0 aliphatic carbocycles. The number of rotatable bonds is 9. The predicted octanol–water partition coefficient (Wildman–Crippen LogP) is 4.43. The maximum Gasteiger partial charge on any atom is 0.227 e. The van der Waals surface area contributed by atoms with E-state index in [2.05, 4.69) is 15.5 Å². The van der Waals surface area contributed by atoms with E-state index in [-0.39, 0.29) is 36.1 Å². The Kier molecular flexibility index (Phi) is 7.45. The van der Waals surface area contributed by atoms with Gasteiger partial charge in [-0.25, -0.2) is 4.39 Å². The minimum absolute atomic E-state index is 0.151. The summed E-state index contributed by atoms with van der Waals surface area (Å²) in [6.07, 6.45) is 0.483. The Morgan fingerprint density at radius 3 is 2.53 bits per heavy atom. The van der Waals surface area contributed by atoms with Gasteiger partial charge >= 0.3 is 0 Å². The van der Waals surface area contributed by atoms with Crippen molar-refractivity contribution in [2.45, 2.75) is 39.7 Å². The summed E-state index contributed by atoms with van der Waals surface area (Å²) in [6, 6.07) is 13.2. The van der Waals surface area contributed by atoms with Crippen LogP contribution in [0.4, 0.5) is 4.39 Å². The van der Waals surface area contributed by atoms with Gasteiger partial charge in [-0.2, -0.15) is 4.98 Å². The van der Waals surface area contributed by atoms with Gasteiger partial charge in [0.25, 0.3) is 0 Å². The first-order valence-electron chi connectivity index (χ1n) is 10.4. The van der Waals surface area contributed by atoms with Gasteiger partial charge in [0, 0.05) is 18.4 Å². The van der Waals surface area contributed by atoms with Crippen LogP contribution in [0.25, 0.3) is 11.4 Å². The van der Waals surface area contributed by atoms with Gasteiger partial charge in [0.05, 0.1) is 13.2 Å². The van der Waals surface area contributed by atoms with E-state index in [9.17, 15) is 9.18 Å². The molecule has 2 aromatic carbocycles. The summed E-state index contributed by atoms with van der Waals surface area (Å²) < 4.78 is 29.9. The Morgan fingerprint density at radius 2 is 1.88 bits per heavy atom. The van der Waals surface area contributed by atoms with Crippen LogP contribution in [0.15, 0.2) is 53.1 Å². The molecule has 3 rings (SSSR count). The number of amides is 1. The average molecular weight is 442 g/mol. The molecule has 0 saturated carbocycles. The highest BCUT2D eigenvalue weighted by Gasteiger charge is 2.27. The number of methoxy groups -OCH3 is 1. The fourth-order valence-electron chi connectivity index (χ4n) is 2.94. The third kappa shape index (κ3) is 6.29. The molecule has 0 bridgehead atoms. The molecular weight excluding hydrogens is 413 g/mol. The number of ether oxygens (including phenoxy) is 2. The second kappa shape index (κ2) is 10.3. The van der Waals surface area contributed by atoms with Crippen LogP contribution in [0.2, 0.25) is 0 Å². The molecule has 0 spiro atoms. The van der Waals surface area contributed by atoms with Crippen molar-refractivity contribution in [1.82, 2.24) is 15.5 Å². The zero-order valence-electron chi connectivity index (χ0n) is 18.7. The maximum atomic E-state index is 13.8. The molecule has 1 atom stereocenters. The number of nitrogens with one attached hydrogen (secondary N) is 1. The van der Waals surface area contributed by atoms with Crippen LogP contribution >= 0.6 is 0 Å². The maximum absolute atomic E-state index is 13.8. The fraction of sp³-hybridized carbons (Fsp3) is 0.375.